The molecule has 1 aromatic rings. The van der Waals surface area contributed by atoms with Gasteiger partial charge in [0.1, 0.15) is 6.10 Å². The minimum atomic E-state index is 0.364. The monoisotopic (exact) mass is 262 g/mol. The zero-order valence-electron chi connectivity index (χ0n) is 12.4. The molecule has 0 unspecified atom stereocenters. The largest absolute Gasteiger partial charge is 0.474 e. The Balaban J connectivity index is 1.92. The molecular weight excluding hydrogens is 236 g/mol. The molecule has 3 nitrogen and oxygen atoms in total. The third-order valence-corrected chi connectivity index (χ3v) is 3.99. The maximum absolute atomic E-state index is 6.01. The van der Waals surface area contributed by atoms with E-state index in [-0.39, 0.29) is 0 Å². The SMILES string of the molecule is CCNCc1ccc(OC2CCC(C)CC2)nc1C. The van der Waals surface area contributed by atoms with E-state index >= 15 is 0 Å². The molecule has 0 spiro atoms. The lowest BCUT2D eigenvalue weighted by atomic mass is 9.89. The van der Waals surface area contributed by atoms with E-state index < -0.39 is 0 Å². The summed E-state index contributed by atoms with van der Waals surface area (Å²) in [6.45, 7) is 8.37. The second-order valence-corrected chi connectivity index (χ2v) is 5.67. The quantitative estimate of drug-likeness (QED) is 0.882. The van der Waals surface area contributed by atoms with Gasteiger partial charge in [-0.05, 0) is 50.6 Å². The highest BCUT2D eigenvalue weighted by molar-refractivity contribution is 5.25. The Labute approximate surface area is 116 Å². The van der Waals surface area contributed by atoms with Gasteiger partial charge in [0.15, 0.2) is 0 Å². The molecule has 0 aliphatic heterocycles. The van der Waals surface area contributed by atoms with Gasteiger partial charge in [0.2, 0.25) is 5.88 Å². The minimum Gasteiger partial charge on any atom is -0.474 e. The number of ether oxygens (including phenoxy) is 1. The summed E-state index contributed by atoms with van der Waals surface area (Å²) < 4.78 is 6.01. The number of rotatable bonds is 5. The van der Waals surface area contributed by atoms with Crippen LogP contribution in [0.4, 0.5) is 0 Å². The first-order valence-electron chi connectivity index (χ1n) is 7.53. The molecule has 3 heteroatoms. The van der Waals surface area contributed by atoms with Crippen LogP contribution in [0.2, 0.25) is 0 Å². The number of pyridine rings is 1. The van der Waals surface area contributed by atoms with E-state index in [0.717, 1.165) is 30.6 Å². The van der Waals surface area contributed by atoms with E-state index in [1.165, 1.54) is 31.2 Å². The van der Waals surface area contributed by atoms with Crippen molar-refractivity contribution < 1.29 is 4.74 Å². The third-order valence-electron chi connectivity index (χ3n) is 3.99. The number of hydrogen-bond acceptors (Lipinski definition) is 3. The molecule has 1 aliphatic carbocycles. The van der Waals surface area contributed by atoms with E-state index in [2.05, 4.69) is 37.1 Å². The van der Waals surface area contributed by atoms with Crippen molar-refractivity contribution in [1.82, 2.24) is 10.3 Å². The van der Waals surface area contributed by atoms with E-state index in [1.54, 1.807) is 0 Å². The summed E-state index contributed by atoms with van der Waals surface area (Å²) in [5, 5.41) is 3.33. The molecule has 0 atom stereocenters. The maximum Gasteiger partial charge on any atom is 0.213 e. The van der Waals surface area contributed by atoms with Crippen molar-refractivity contribution in [2.75, 3.05) is 6.54 Å². The first kappa shape index (κ1) is 14.3. The predicted molar refractivity (Wildman–Crippen MR) is 78.4 cm³/mol. The Morgan fingerprint density at radius 1 is 1.26 bits per heavy atom. The van der Waals surface area contributed by atoms with Crippen LogP contribution in [0.15, 0.2) is 12.1 Å². The van der Waals surface area contributed by atoms with Gasteiger partial charge in [-0.3, -0.25) is 0 Å². The zero-order valence-corrected chi connectivity index (χ0v) is 12.4. The number of aromatic nitrogens is 1. The summed E-state index contributed by atoms with van der Waals surface area (Å²) in [5.74, 6) is 1.65. The lowest BCUT2D eigenvalue weighted by molar-refractivity contribution is 0.130. The van der Waals surface area contributed by atoms with Crippen molar-refractivity contribution in [2.45, 2.75) is 59.1 Å². The molecule has 1 saturated carbocycles. The first-order valence-corrected chi connectivity index (χ1v) is 7.53. The highest BCUT2D eigenvalue weighted by atomic mass is 16.5. The van der Waals surface area contributed by atoms with Crippen LogP contribution in [0.3, 0.4) is 0 Å². The van der Waals surface area contributed by atoms with Crippen LogP contribution in [-0.2, 0) is 6.54 Å². The molecule has 0 saturated heterocycles. The molecule has 0 radical (unpaired) electrons. The average Bonchev–Trinajstić information content (AvgIpc) is 2.41. The van der Waals surface area contributed by atoms with E-state index in [0.29, 0.717) is 6.10 Å². The zero-order chi connectivity index (χ0) is 13.7. The number of aryl methyl sites for hydroxylation is 1. The van der Waals surface area contributed by atoms with Gasteiger partial charge >= 0.3 is 0 Å². The smallest absolute Gasteiger partial charge is 0.213 e. The first-order chi connectivity index (χ1) is 9.19. The molecule has 1 N–H and O–H groups in total. The van der Waals surface area contributed by atoms with Crippen LogP contribution in [0.25, 0.3) is 0 Å². The second kappa shape index (κ2) is 6.90. The molecule has 106 valence electrons. The van der Waals surface area contributed by atoms with Crippen molar-refractivity contribution in [1.29, 1.82) is 0 Å². The maximum atomic E-state index is 6.01. The van der Waals surface area contributed by atoms with Crippen LogP contribution >= 0.6 is 0 Å². The summed E-state index contributed by atoms with van der Waals surface area (Å²) in [6.07, 6.45) is 5.26. The van der Waals surface area contributed by atoms with Crippen LogP contribution in [0, 0.1) is 12.8 Å². The Morgan fingerprint density at radius 3 is 2.63 bits per heavy atom. The van der Waals surface area contributed by atoms with Crippen molar-refractivity contribution >= 4 is 0 Å². The second-order valence-electron chi connectivity index (χ2n) is 5.67. The standard InChI is InChI=1S/C16H26N2O/c1-4-17-11-14-7-10-16(18-13(14)3)19-15-8-5-12(2)6-9-15/h7,10,12,15,17H,4-6,8-9,11H2,1-3H3. The summed E-state index contributed by atoms with van der Waals surface area (Å²) in [7, 11) is 0. The van der Waals surface area contributed by atoms with Gasteiger partial charge in [-0.15, -0.1) is 0 Å². The molecule has 2 rings (SSSR count). The fourth-order valence-electron chi connectivity index (χ4n) is 2.60. The molecule has 0 amide bonds. The molecule has 0 aromatic carbocycles. The van der Waals surface area contributed by atoms with Gasteiger partial charge in [0.05, 0.1) is 0 Å². The van der Waals surface area contributed by atoms with E-state index in [9.17, 15) is 0 Å². The number of nitrogens with one attached hydrogen (secondary N) is 1. The molecule has 19 heavy (non-hydrogen) atoms. The number of nitrogens with zero attached hydrogens (tertiary/aromatic N) is 1. The highest BCUT2D eigenvalue weighted by Gasteiger charge is 2.19. The van der Waals surface area contributed by atoms with Crippen LogP contribution in [0.1, 0.15) is 50.8 Å². The average molecular weight is 262 g/mol. The summed E-state index contributed by atoms with van der Waals surface area (Å²) in [4.78, 5) is 4.58. The van der Waals surface area contributed by atoms with Gasteiger partial charge in [-0.1, -0.05) is 19.9 Å². The summed E-state index contributed by atoms with van der Waals surface area (Å²) in [5.41, 5.74) is 2.33. The molecule has 1 fully saturated rings. The number of hydrogen-bond donors (Lipinski definition) is 1. The van der Waals surface area contributed by atoms with Crippen molar-refractivity contribution in [3.8, 4) is 5.88 Å². The fraction of sp³-hybridized carbons (Fsp3) is 0.688. The Hall–Kier alpha value is -1.09. The van der Waals surface area contributed by atoms with Crippen molar-refractivity contribution in [2.24, 2.45) is 5.92 Å². The van der Waals surface area contributed by atoms with E-state index in [1.807, 2.05) is 6.07 Å². The third kappa shape index (κ3) is 4.20. The Kier molecular flexibility index (Phi) is 5.20. The fourth-order valence-corrected chi connectivity index (χ4v) is 2.60. The van der Waals surface area contributed by atoms with Gasteiger partial charge in [0.25, 0.3) is 0 Å². The lowest BCUT2D eigenvalue weighted by Crippen LogP contribution is -2.23. The Morgan fingerprint density at radius 2 is 2.00 bits per heavy atom. The van der Waals surface area contributed by atoms with E-state index in [4.69, 9.17) is 4.74 Å². The topological polar surface area (TPSA) is 34.1 Å². The van der Waals surface area contributed by atoms with Gasteiger partial charge < -0.3 is 10.1 Å². The minimum absolute atomic E-state index is 0.364. The van der Waals surface area contributed by atoms with Crippen molar-refractivity contribution in [3.63, 3.8) is 0 Å². The summed E-state index contributed by atoms with van der Waals surface area (Å²) >= 11 is 0. The predicted octanol–water partition coefficient (Wildman–Crippen LogP) is 3.46. The van der Waals surface area contributed by atoms with Gasteiger partial charge in [-0.2, -0.15) is 0 Å². The van der Waals surface area contributed by atoms with Crippen molar-refractivity contribution in [3.05, 3.63) is 23.4 Å². The molecule has 1 heterocycles. The molecule has 1 aromatic heterocycles. The lowest BCUT2D eigenvalue weighted by Gasteiger charge is -2.26. The normalized spacial score (nSPS) is 23.3. The highest BCUT2D eigenvalue weighted by Crippen LogP contribution is 2.26. The van der Waals surface area contributed by atoms with Crippen LogP contribution in [-0.4, -0.2) is 17.6 Å². The molecule has 1 aliphatic rings. The van der Waals surface area contributed by atoms with Gasteiger partial charge in [0, 0.05) is 18.3 Å². The molecular formula is C16H26N2O. The molecule has 0 bridgehead atoms. The van der Waals surface area contributed by atoms with Gasteiger partial charge in [-0.25, -0.2) is 4.98 Å². The Bertz CT molecular complexity index is 398. The van der Waals surface area contributed by atoms with Crippen LogP contribution in [0.5, 0.6) is 5.88 Å². The van der Waals surface area contributed by atoms with Crippen LogP contribution < -0.4 is 10.1 Å². The summed E-state index contributed by atoms with van der Waals surface area (Å²) in [6, 6.07) is 4.14.